The van der Waals surface area contributed by atoms with Crippen LogP contribution in [0.2, 0.25) is 0 Å². The molecule has 0 spiro atoms. The number of carboxylic acid groups (broad SMARTS) is 1. The first kappa shape index (κ1) is 15.8. The van der Waals surface area contributed by atoms with E-state index in [0.717, 1.165) is 25.7 Å². The molecule has 2 rings (SSSR count). The molecular weight excluding hydrogens is 272 g/mol. The summed E-state index contributed by atoms with van der Waals surface area (Å²) in [4.78, 5) is 38.5. The SMILES string of the molecule is C[C@@H]1C(=O)N(CC(=O)O)CCN1C(=O)C1CCCCCC1. The maximum atomic E-state index is 12.6. The summed E-state index contributed by atoms with van der Waals surface area (Å²) in [6, 6.07) is -0.547. The number of carbonyl (C=O) groups is 3. The summed E-state index contributed by atoms with van der Waals surface area (Å²) in [6.45, 7) is 2.17. The zero-order valence-corrected chi connectivity index (χ0v) is 12.6. The Morgan fingerprint density at radius 1 is 1.14 bits per heavy atom. The molecule has 6 nitrogen and oxygen atoms in total. The lowest BCUT2D eigenvalue weighted by atomic mass is 9.97. The summed E-state index contributed by atoms with van der Waals surface area (Å²) in [5, 5.41) is 8.81. The van der Waals surface area contributed by atoms with E-state index in [2.05, 4.69) is 0 Å². The van der Waals surface area contributed by atoms with E-state index < -0.39 is 12.0 Å². The Morgan fingerprint density at radius 3 is 2.33 bits per heavy atom. The third kappa shape index (κ3) is 3.74. The molecule has 2 amide bonds. The molecule has 118 valence electrons. The van der Waals surface area contributed by atoms with Crippen LogP contribution in [0.1, 0.15) is 45.4 Å². The molecule has 21 heavy (non-hydrogen) atoms. The van der Waals surface area contributed by atoms with Gasteiger partial charge in [-0.25, -0.2) is 0 Å². The quantitative estimate of drug-likeness (QED) is 0.791. The first-order valence-corrected chi connectivity index (χ1v) is 7.81. The fourth-order valence-corrected chi connectivity index (χ4v) is 3.31. The van der Waals surface area contributed by atoms with E-state index in [9.17, 15) is 14.4 Å². The molecule has 1 atom stereocenters. The summed E-state index contributed by atoms with van der Waals surface area (Å²) >= 11 is 0. The summed E-state index contributed by atoms with van der Waals surface area (Å²) < 4.78 is 0. The number of hydrogen-bond acceptors (Lipinski definition) is 3. The molecule has 2 fully saturated rings. The number of hydrogen-bond donors (Lipinski definition) is 1. The number of aliphatic carboxylic acids is 1. The second kappa shape index (κ2) is 6.91. The minimum absolute atomic E-state index is 0.0359. The van der Waals surface area contributed by atoms with Gasteiger partial charge in [0.2, 0.25) is 11.8 Å². The van der Waals surface area contributed by atoms with Crippen LogP contribution in [0.25, 0.3) is 0 Å². The maximum Gasteiger partial charge on any atom is 0.323 e. The number of carboxylic acids is 1. The molecule has 1 saturated heterocycles. The van der Waals surface area contributed by atoms with Gasteiger partial charge in [-0.2, -0.15) is 0 Å². The Bertz CT molecular complexity index is 416. The van der Waals surface area contributed by atoms with Crippen molar-refractivity contribution in [2.45, 2.75) is 51.5 Å². The highest BCUT2D eigenvalue weighted by atomic mass is 16.4. The zero-order valence-electron chi connectivity index (χ0n) is 12.6. The highest BCUT2D eigenvalue weighted by molar-refractivity contribution is 5.91. The van der Waals surface area contributed by atoms with Gasteiger partial charge in [0.1, 0.15) is 12.6 Å². The highest BCUT2D eigenvalue weighted by Gasteiger charge is 2.37. The lowest BCUT2D eigenvalue weighted by Gasteiger charge is -2.39. The molecule has 0 aromatic heterocycles. The van der Waals surface area contributed by atoms with Crippen molar-refractivity contribution in [1.29, 1.82) is 0 Å². The molecule has 0 radical (unpaired) electrons. The first-order chi connectivity index (χ1) is 10.0. The largest absolute Gasteiger partial charge is 0.480 e. The van der Waals surface area contributed by atoms with Crippen LogP contribution in [-0.2, 0) is 14.4 Å². The van der Waals surface area contributed by atoms with Crippen LogP contribution >= 0.6 is 0 Å². The predicted octanol–water partition coefficient (Wildman–Crippen LogP) is 1.10. The van der Waals surface area contributed by atoms with Crippen LogP contribution in [0.5, 0.6) is 0 Å². The molecule has 1 heterocycles. The number of nitrogens with zero attached hydrogens (tertiary/aromatic N) is 2. The van der Waals surface area contributed by atoms with Gasteiger partial charge in [0.15, 0.2) is 0 Å². The van der Waals surface area contributed by atoms with Gasteiger partial charge < -0.3 is 14.9 Å². The molecule has 0 unspecified atom stereocenters. The van der Waals surface area contributed by atoms with E-state index in [1.165, 1.54) is 17.7 Å². The second-order valence-electron chi connectivity index (χ2n) is 6.05. The number of rotatable bonds is 3. The normalized spacial score (nSPS) is 24.8. The maximum absolute atomic E-state index is 12.6. The molecule has 1 saturated carbocycles. The van der Waals surface area contributed by atoms with Gasteiger partial charge in [0.25, 0.3) is 0 Å². The highest BCUT2D eigenvalue weighted by Crippen LogP contribution is 2.26. The zero-order chi connectivity index (χ0) is 15.4. The van der Waals surface area contributed by atoms with E-state index in [-0.39, 0.29) is 24.3 Å². The van der Waals surface area contributed by atoms with E-state index in [0.29, 0.717) is 13.1 Å². The molecular formula is C15H24N2O4. The van der Waals surface area contributed by atoms with Gasteiger partial charge in [-0.05, 0) is 19.8 Å². The van der Waals surface area contributed by atoms with E-state index in [4.69, 9.17) is 5.11 Å². The molecule has 1 aliphatic carbocycles. The fraction of sp³-hybridized carbons (Fsp3) is 0.800. The van der Waals surface area contributed by atoms with Crippen LogP contribution < -0.4 is 0 Å². The Labute approximate surface area is 125 Å². The Morgan fingerprint density at radius 2 is 1.76 bits per heavy atom. The number of carbonyl (C=O) groups excluding carboxylic acids is 2. The lowest BCUT2D eigenvalue weighted by Crippen LogP contribution is -2.59. The van der Waals surface area contributed by atoms with Crippen LogP contribution in [0.3, 0.4) is 0 Å². The Kier molecular flexibility index (Phi) is 5.20. The molecule has 0 aromatic rings. The van der Waals surface area contributed by atoms with Gasteiger partial charge in [-0.3, -0.25) is 14.4 Å². The summed E-state index contributed by atoms with van der Waals surface area (Å²) in [5.41, 5.74) is 0. The predicted molar refractivity (Wildman–Crippen MR) is 76.6 cm³/mol. The van der Waals surface area contributed by atoms with Crippen molar-refractivity contribution in [1.82, 2.24) is 9.80 Å². The van der Waals surface area contributed by atoms with Crippen molar-refractivity contribution in [2.24, 2.45) is 5.92 Å². The second-order valence-corrected chi connectivity index (χ2v) is 6.05. The van der Waals surface area contributed by atoms with Gasteiger partial charge in [0, 0.05) is 19.0 Å². The number of piperazine rings is 1. The average molecular weight is 296 g/mol. The van der Waals surface area contributed by atoms with Crippen molar-refractivity contribution in [3.8, 4) is 0 Å². The minimum atomic E-state index is -1.01. The van der Waals surface area contributed by atoms with E-state index in [1.54, 1.807) is 11.8 Å². The summed E-state index contributed by atoms with van der Waals surface area (Å²) in [7, 11) is 0. The van der Waals surface area contributed by atoms with Gasteiger partial charge in [-0.1, -0.05) is 25.7 Å². The molecule has 0 bridgehead atoms. The average Bonchev–Trinajstić information content (AvgIpc) is 2.72. The van der Waals surface area contributed by atoms with Crippen LogP contribution in [0, 0.1) is 5.92 Å². The summed E-state index contributed by atoms with van der Waals surface area (Å²) in [5.74, 6) is -1.16. The van der Waals surface area contributed by atoms with Crippen LogP contribution in [0.4, 0.5) is 0 Å². The van der Waals surface area contributed by atoms with Crippen molar-refractivity contribution in [2.75, 3.05) is 19.6 Å². The third-order valence-electron chi connectivity index (χ3n) is 4.56. The molecule has 1 N–H and O–H groups in total. The standard InChI is InChI=1S/C15H24N2O4/c1-11-14(20)16(10-13(18)19)8-9-17(11)15(21)12-6-4-2-3-5-7-12/h11-12H,2-10H2,1H3,(H,18,19)/t11-/m1/s1. The lowest BCUT2D eigenvalue weighted by molar-refractivity contribution is -0.156. The fourth-order valence-electron chi connectivity index (χ4n) is 3.31. The molecule has 2 aliphatic rings. The third-order valence-corrected chi connectivity index (χ3v) is 4.56. The molecule has 1 aliphatic heterocycles. The topological polar surface area (TPSA) is 77.9 Å². The van der Waals surface area contributed by atoms with E-state index in [1.807, 2.05) is 0 Å². The van der Waals surface area contributed by atoms with Crippen molar-refractivity contribution < 1.29 is 19.5 Å². The number of amides is 2. The monoisotopic (exact) mass is 296 g/mol. The first-order valence-electron chi connectivity index (χ1n) is 7.81. The molecule has 0 aromatic carbocycles. The summed E-state index contributed by atoms with van der Waals surface area (Å²) in [6.07, 6.45) is 6.36. The minimum Gasteiger partial charge on any atom is -0.480 e. The van der Waals surface area contributed by atoms with Gasteiger partial charge >= 0.3 is 5.97 Å². The van der Waals surface area contributed by atoms with Crippen molar-refractivity contribution in [3.63, 3.8) is 0 Å². The van der Waals surface area contributed by atoms with Crippen LogP contribution in [0.15, 0.2) is 0 Å². The molecule has 6 heteroatoms. The van der Waals surface area contributed by atoms with Crippen LogP contribution in [-0.4, -0.2) is 58.4 Å². The van der Waals surface area contributed by atoms with Crippen molar-refractivity contribution in [3.05, 3.63) is 0 Å². The van der Waals surface area contributed by atoms with Gasteiger partial charge in [-0.15, -0.1) is 0 Å². The van der Waals surface area contributed by atoms with Crippen molar-refractivity contribution >= 4 is 17.8 Å². The van der Waals surface area contributed by atoms with Gasteiger partial charge in [0.05, 0.1) is 0 Å². The van der Waals surface area contributed by atoms with E-state index >= 15 is 0 Å². The smallest absolute Gasteiger partial charge is 0.323 e. The Balaban J connectivity index is 1.99. The Hall–Kier alpha value is -1.59.